The summed E-state index contributed by atoms with van der Waals surface area (Å²) in [6.45, 7) is 8.44. The zero-order chi connectivity index (χ0) is 14.6. The highest BCUT2D eigenvalue weighted by Gasteiger charge is 2.18. The van der Waals surface area contributed by atoms with E-state index in [2.05, 4.69) is 38.3 Å². The van der Waals surface area contributed by atoms with E-state index in [1.165, 1.54) is 6.07 Å². The first-order valence-electron chi connectivity index (χ1n) is 6.33. The van der Waals surface area contributed by atoms with E-state index in [-0.39, 0.29) is 6.04 Å². The quantitative estimate of drug-likeness (QED) is 0.820. The molecule has 1 aromatic rings. The van der Waals surface area contributed by atoms with Crippen molar-refractivity contribution in [1.29, 1.82) is 0 Å². The van der Waals surface area contributed by atoms with Crippen LogP contribution in [0.4, 0.5) is 14.5 Å². The smallest absolute Gasteiger partial charge is 0.171 e. The molecule has 0 radical (unpaired) electrons. The summed E-state index contributed by atoms with van der Waals surface area (Å²) in [4.78, 5) is 0. The van der Waals surface area contributed by atoms with E-state index in [1.807, 2.05) is 0 Å². The molecule has 0 fully saturated rings. The molecular formula is C14H20F2N2S. The number of thiocarbonyl (C=S) groups is 1. The molecule has 0 aromatic heterocycles. The Balaban J connectivity index is 2.66. The fourth-order valence-electron chi connectivity index (χ4n) is 2.00. The molecular weight excluding hydrogens is 266 g/mol. The molecule has 1 aromatic carbocycles. The second kappa shape index (κ2) is 6.80. The minimum Gasteiger partial charge on any atom is -0.359 e. The van der Waals surface area contributed by atoms with E-state index >= 15 is 0 Å². The van der Waals surface area contributed by atoms with Gasteiger partial charge in [0.25, 0.3) is 0 Å². The summed E-state index contributed by atoms with van der Waals surface area (Å²) < 4.78 is 25.9. The lowest BCUT2D eigenvalue weighted by atomic mass is 9.93. The molecule has 0 aliphatic carbocycles. The van der Waals surface area contributed by atoms with Crippen molar-refractivity contribution in [2.45, 2.75) is 33.7 Å². The zero-order valence-corrected chi connectivity index (χ0v) is 12.4. The number of hydrogen-bond acceptors (Lipinski definition) is 1. The summed E-state index contributed by atoms with van der Waals surface area (Å²) in [6.07, 6.45) is 0. The fraction of sp³-hybridized carbons (Fsp3) is 0.500. The van der Waals surface area contributed by atoms with Crippen molar-refractivity contribution in [1.82, 2.24) is 5.32 Å². The highest BCUT2D eigenvalue weighted by molar-refractivity contribution is 7.80. The molecule has 0 aliphatic heterocycles. The van der Waals surface area contributed by atoms with Crippen LogP contribution >= 0.6 is 12.2 Å². The van der Waals surface area contributed by atoms with E-state index in [0.29, 0.717) is 22.6 Å². The Hall–Kier alpha value is -1.23. The first kappa shape index (κ1) is 15.8. The lowest BCUT2D eigenvalue weighted by Crippen LogP contribution is -2.44. The van der Waals surface area contributed by atoms with Gasteiger partial charge in [-0.05, 0) is 36.2 Å². The normalized spacial score (nSPS) is 11.2. The number of hydrogen-bond donors (Lipinski definition) is 2. The molecule has 0 unspecified atom stereocenters. The summed E-state index contributed by atoms with van der Waals surface area (Å²) in [6, 6.07) is 3.84. The van der Waals surface area contributed by atoms with Crippen LogP contribution < -0.4 is 10.6 Å². The number of benzene rings is 1. The molecule has 0 saturated carbocycles. The van der Waals surface area contributed by atoms with Gasteiger partial charge in [-0.3, -0.25) is 0 Å². The Morgan fingerprint density at radius 3 is 2.11 bits per heavy atom. The Labute approximate surface area is 118 Å². The molecule has 0 bridgehead atoms. The van der Waals surface area contributed by atoms with Gasteiger partial charge in [0.1, 0.15) is 0 Å². The van der Waals surface area contributed by atoms with Crippen molar-refractivity contribution in [3.05, 3.63) is 29.8 Å². The molecule has 1 rings (SSSR count). The van der Waals surface area contributed by atoms with E-state index in [1.54, 1.807) is 0 Å². The van der Waals surface area contributed by atoms with Crippen molar-refractivity contribution < 1.29 is 8.78 Å². The van der Waals surface area contributed by atoms with Crippen LogP contribution in [0.1, 0.15) is 27.7 Å². The van der Waals surface area contributed by atoms with Crippen LogP contribution in [0.3, 0.4) is 0 Å². The molecule has 2 N–H and O–H groups in total. The van der Waals surface area contributed by atoms with Gasteiger partial charge in [0, 0.05) is 17.8 Å². The maximum absolute atomic E-state index is 13.1. The standard InChI is InChI=1S/C14H20F2N2S/c1-8(2)13(9(3)4)18-14(19)17-10-5-6-11(15)12(16)7-10/h5-9,13H,1-4H3,(H2,17,18,19). The SMILES string of the molecule is CC(C)C(NC(=S)Nc1ccc(F)c(F)c1)C(C)C. The van der Waals surface area contributed by atoms with Crippen molar-refractivity contribution in [3.8, 4) is 0 Å². The predicted molar refractivity (Wildman–Crippen MR) is 79.2 cm³/mol. The van der Waals surface area contributed by atoms with Gasteiger partial charge in [-0.25, -0.2) is 8.78 Å². The Kier molecular flexibility index (Phi) is 5.66. The molecule has 0 aliphatic rings. The van der Waals surface area contributed by atoms with Gasteiger partial charge in [0.05, 0.1) is 0 Å². The third kappa shape index (κ3) is 4.74. The largest absolute Gasteiger partial charge is 0.359 e. The first-order valence-corrected chi connectivity index (χ1v) is 6.74. The Bertz CT molecular complexity index is 439. The van der Waals surface area contributed by atoms with Gasteiger partial charge in [0.15, 0.2) is 16.7 Å². The summed E-state index contributed by atoms with van der Waals surface area (Å²) >= 11 is 5.19. The van der Waals surface area contributed by atoms with Crippen molar-refractivity contribution in [2.24, 2.45) is 11.8 Å². The molecule has 0 saturated heterocycles. The molecule has 0 heterocycles. The maximum atomic E-state index is 13.1. The molecule has 106 valence electrons. The van der Waals surface area contributed by atoms with Gasteiger partial charge in [0.2, 0.25) is 0 Å². The average Bonchev–Trinajstić information content (AvgIpc) is 2.30. The number of anilines is 1. The van der Waals surface area contributed by atoms with Crippen molar-refractivity contribution in [3.63, 3.8) is 0 Å². The topological polar surface area (TPSA) is 24.1 Å². The van der Waals surface area contributed by atoms with E-state index in [0.717, 1.165) is 12.1 Å². The van der Waals surface area contributed by atoms with E-state index < -0.39 is 11.6 Å². The summed E-state index contributed by atoms with van der Waals surface area (Å²) in [5.41, 5.74) is 0.433. The third-order valence-corrected chi connectivity index (χ3v) is 3.13. The van der Waals surface area contributed by atoms with Gasteiger partial charge >= 0.3 is 0 Å². The minimum absolute atomic E-state index is 0.227. The van der Waals surface area contributed by atoms with Gasteiger partial charge in [-0.2, -0.15) is 0 Å². The van der Waals surface area contributed by atoms with Crippen LogP contribution in [0.2, 0.25) is 0 Å². The molecule has 0 atom stereocenters. The van der Waals surface area contributed by atoms with E-state index in [4.69, 9.17) is 12.2 Å². The highest BCUT2D eigenvalue weighted by atomic mass is 32.1. The summed E-state index contributed by atoms with van der Waals surface area (Å²) in [5, 5.41) is 6.48. The number of nitrogens with one attached hydrogen (secondary N) is 2. The number of halogens is 2. The Morgan fingerprint density at radius 2 is 1.63 bits per heavy atom. The molecule has 0 amide bonds. The molecule has 0 spiro atoms. The average molecular weight is 286 g/mol. The monoisotopic (exact) mass is 286 g/mol. The predicted octanol–water partition coefficient (Wildman–Crippen LogP) is 3.93. The fourth-order valence-corrected chi connectivity index (χ4v) is 2.25. The summed E-state index contributed by atoms with van der Waals surface area (Å²) in [5.74, 6) is -0.918. The van der Waals surface area contributed by atoms with Crippen LogP contribution in [0.25, 0.3) is 0 Å². The minimum atomic E-state index is -0.892. The molecule has 2 nitrogen and oxygen atoms in total. The first-order chi connectivity index (χ1) is 8.81. The third-order valence-electron chi connectivity index (χ3n) is 2.91. The van der Waals surface area contributed by atoms with Crippen LogP contribution in [0.15, 0.2) is 18.2 Å². The van der Waals surface area contributed by atoms with Crippen molar-refractivity contribution in [2.75, 3.05) is 5.32 Å². The van der Waals surface area contributed by atoms with Gasteiger partial charge < -0.3 is 10.6 Å². The second-order valence-electron chi connectivity index (χ2n) is 5.24. The lowest BCUT2D eigenvalue weighted by molar-refractivity contribution is 0.356. The maximum Gasteiger partial charge on any atom is 0.171 e. The molecule has 19 heavy (non-hydrogen) atoms. The summed E-state index contributed by atoms with van der Waals surface area (Å²) in [7, 11) is 0. The van der Waals surface area contributed by atoms with Gasteiger partial charge in [-0.1, -0.05) is 27.7 Å². The number of rotatable bonds is 4. The van der Waals surface area contributed by atoms with Crippen LogP contribution in [-0.4, -0.2) is 11.2 Å². The lowest BCUT2D eigenvalue weighted by Gasteiger charge is -2.27. The van der Waals surface area contributed by atoms with E-state index in [9.17, 15) is 8.78 Å². The van der Waals surface area contributed by atoms with Crippen LogP contribution in [-0.2, 0) is 0 Å². The van der Waals surface area contributed by atoms with Crippen LogP contribution in [0, 0.1) is 23.5 Å². The van der Waals surface area contributed by atoms with Crippen LogP contribution in [0.5, 0.6) is 0 Å². The van der Waals surface area contributed by atoms with Crippen molar-refractivity contribution >= 4 is 23.0 Å². The Morgan fingerprint density at radius 1 is 1.05 bits per heavy atom. The molecule has 5 heteroatoms. The van der Waals surface area contributed by atoms with Gasteiger partial charge in [-0.15, -0.1) is 0 Å². The zero-order valence-electron chi connectivity index (χ0n) is 11.6. The second-order valence-corrected chi connectivity index (χ2v) is 5.65. The highest BCUT2D eigenvalue weighted by Crippen LogP contribution is 2.15.